The van der Waals surface area contributed by atoms with E-state index in [2.05, 4.69) is 78.0 Å². The van der Waals surface area contributed by atoms with Crippen molar-refractivity contribution in [2.75, 3.05) is 0 Å². The molecule has 0 unspecified atom stereocenters. The van der Waals surface area contributed by atoms with E-state index in [0.29, 0.717) is 0 Å². The van der Waals surface area contributed by atoms with Gasteiger partial charge in [0, 0.05) is 0 Å². The van der Waals surface area contributed by atoms with Gasteiger partial charge in [-0.25, -0.2) is 0 Å². The molecule has 0 saturated heterocycles. The third kappa shape index (κ3) is 4.03. The van der Waals surface area contributed by atoms with Crippen molar-refractivity contribution in [3.05, 3.63) is 69.9 Å². The van der Waals surface area contributed by atoms with Crippen molar-refractivity contribution in [1.82, 2.24) is 0 Å². The quantitative estimate of drug-likeness (QED) is 0.511. The Morgan fingerprint density at radius 2 is 1.50 bits per heavy atom. The van der Waals surface area contributed by atoms with E-state index < -0.39 is 0 Å². The zero-order chi connectivity index (χ0) is 13.7. The number of allylic oxidation sites excluding steroid dienone is 12. The van der Waals surface area contributed by atoms with Gasteiger partial charge in [0.2, 0.25) is 0 Å². The van der Waals surface area contributed by atoms with Crippen molar-refractivity contribution in [1.29, 1.82) is 0 Å². The van der Waals surface area contributed by atoms with Crippen molar-refractivity contribution in [2.45, 2.75) is 41.5 Å². The first-order chi connectivity index (χ1) is 8.41. The molecule has 0 radical (unpaired) electrons. The molecule has 0 N–H and O–H groups in total. The summed E-state index contributed by atoms with van der Waals surface area (Å²) >= 11 is 0. The fraction of sp³-hybridized carbons (Fsp3) is 0.333. The molecule has 2 aliphatic rings. The Morgan fingerprint density at radius 1 is 0.833 bits per heavy atom. The summed E-state index contributed by atoms with van der Waals surface area (Å²) < 4.78 is 0. The summed E-state index contributed by atoms with van der Waals surface area (Å²) in [5, 5.41) is 0. The van der Waals surface area contributed by atoms with Crippen molar-refractivity contribution in [2.24, 2.45) is 0 Å². The lowest BCUT2D eigenvalue weighted by Gasteiger charge is -1.98. The first-order valence-corrected chi connectivity index (χ1v) is 6.48. The van der Waals surface area contributed by atoms with Crippen LogP contribution in [0.4, 0.5) is 0 Å². The summed E-state index contributed by atoms with van der Waals surface area (Å²) in [5.74, 6) is 0. The van der Waals surface area contributed by atoms with Crippen LogP contribution in [0.3, 0.4) is 0 Å². The maximum Gasteiger partial charge on any atom is -0.0241 e. The van der Waals surface area contributed by atoms with Gasteiger partial charge >= 0.3 is 0 Å². The molecular weight excluding hydrogens is 216 g/mol. The minimum absolute atomic E-state index is 1.35. The van der Waals surface area contributed by atoms with Gasteiger partial charge in [0.15, 0.2) is 0 Å². The van der Waals surface area contributed by atoms with E-state index >= 15 is 0 Å². The van der Waals surface area contributed by atoms with E-state index in [0.717, 1.165) is 0 Å². The molecule has 0 bridgehead atoms. The minimum atomic E-state index is 1.35. The number of rotatable bonds is 0. The molecule has 0 saturated carbocycles. The van der Waals surface area contributed by atoms with Crippen molar-refractivity contribution in [3.63, 3.8) is 0 Å². The van der Waals surface area contributed by atoms with Gasteiger partial charge in [-0.05, 0) is 58.3 Å². The smallest absolute Gasteiger partial charge is 0.0241 e. The van der Waals surface area contributed by atoms with Crippen LogP contribution < -0.4 is 0 Å². The highest BCUT2D eigenvalue weighted by molar-refractivity contribution is 5.49. The second kappa shape index (κ2) is 6.39. The molecule has 0 heteroatoms. The molecule has 0 aromatic rings. The molecule has 96 valence electrons. The molecule has 0 aromatic carbocycles. The number of hydrogen-bond donors (Lipinski definition) is 0. The van der Waals surface area contributed by atoms with E-state index in [9.17, 15) is 0 Å². The zero-order valence-corrected chi connectivity index (χ0v) is 12.5. The summed E-state index contributed by atoms with van der Waals surface area (Å²) in [4.78, 5) is 0. The summed E-state index contributed by atoms with van der Waals surface area (Å²) in [6, 6.07) is 0. The first kappa shape index (κ1) is 14.5. The van der Waals surface area contributed by atoms with Crippen LogP contribution in [0.5, 0.6) is 0 Å². The van der Waals surface area contributed by atoms with Crippen LogP contribution in [0.15, 0.2) is 69.9 Å². The van der Waals surface area contributed by atoms with Crippen LogP contribution in [0, 0.1) is 0 Å². The predicted octanol–water partition coefficient (Wildman–Crippen LogP) is 5.68. The molecule has 0 aromatic heterocycles. The van der Waals surface area contributed by atoms with E-state index in [1.807, 2.05) is 0 Å². The lowest BCUT2D eigenvalue weighted by molar-refractivity contribution is 1.30. The average molecular weight is 240 g/mol. The van der Waals surface area contributed by atoms with Crippen LogP contribution in [0.1, 0.15) is 41.5 Å². The molecule has 0 fully saturated rings. The second-order valence-corrected chi connectivity index (χ2v) is 5.30. The molecule has 0 aliphatic heterocycles. The van der Waals surface area contributed by atoms with Crippen LogP contribution in [0.25, 0.3) is 0 Å². The molecule has 2 aliphatic carbocycles. The van der Waals surface area contributed by atoms with E-state index in [4.69, 9.17) is 0 Å². The SMILES string of the molecule is CC1=CC(=C(C)C)C=C1.CC1=CC=CC1=C(C)C. The third-order valence-electron chi connectivity index (χ3n) is 3.06. The Balaban J connectivity index is 0.000000180. The lowest BCUT2D eigenvalue weighted by atomic mass is 10.1. The molecule has 2 rings (SSSR count). The topological polar surface area (TPSA) is 0 Å². The Kier molecular flexibility index (Phi) is 5.15. The molecule has 0 amide bonds. The van der Waals surface area contributed by atoms with Gasteiger partial charge in [0.05, 0.1) is 0 Å². The summed E-state index contributed by atoms with van der Waals surface area (Å²) in [5.41, 5.74) is 8.30. The monoisotopic (exact) mass is 240 g/mol. The Labute approximate surface area is 112 Å². The average Bonchev–Trinajstić information content (AvgIpc) is 2.87. The van der Waals surface area contributed by atoms with Gasteiger partial charge in [-0.1, -0.05) is 53.2 Å². The largest absolute Gasteiger partial charge is 0.0692 e. The maximum absolute atomic E-state index is 2.20. The van der Waals surface area contributed by atoms with Crippen LogP contribution in [-0.4, -0.2) is 0 Å². The van der Waals surface area contributed by atoms with Crippen LogP contribution >= 0.6 is 0 Å². The zero-order valence-electron chi connectivity index (χ0n) is 12.5. The highest BCUT2D eigenvalue weighted by atomic mass is 14.1. The Morgan fingerprint density at radius 3 is 1.72 bits per heavy atom. The van der Waals surface area contributed by atoms with Gasteiger partial charge in [-0.3, -0.25) is 0 Å². The van der Waals surface area contributed by atoms with Gasteiger partial charge in [-0.15, -0.1) is 0 Å². The fourth-order valence-corrected chi connectivity index (χ4v) is 1.94. The van der Waals surface area contributed by atoms with Gasteiger partial charge < -0.3 is 0 Å². The third-order valence-corrected chi connectivity index (χ3v) is 3.06. The normalized spacial score (nSPS) is 16.3. The first-order valence-electron chi connectivity index (χ1n) is 6.48. The van der Waals surface area contributed by atoms with Crippen molar-refractivity contribution in [3.8, 4) is 0 Å². The summed E-state index contributed by atoms with van der Waals surface area (Å²) in [6.45, 7) is 12.8. The highest BCUT2D eigenvalue weighted by Gasteiger charge is 2.00. The standard InChI is InChI=1S/2C9H12/c1-7(2)9-5-4-8(3)6-9;1-7(2)9-6-4-5-8(9)3/h2*4-6H,1-3H3. The van der Waals surface area contributed by atoms with Crippen LogP contribution in [0.2, 0.25) is 0 Å². The lowest BCUT2D eigenvalue weighted by Crippen LogP contribution is -1.78. The minimum Gasteiger partial charge on any atom is -0.0692 e. The van der Waals surface area contributed by atoms with Crippen molar-refractivity contribution < 1.29 is 0 Å². The molecule has 0 spiro atoms. The van der Waals surface area contributed by atoms with E-state index in [1.54, 1.807) is 0 Å². The van der Waals surface area contributed by atoms with Crippen molar-refractivity contribution >= 4 is 0 Å². The predicted molar refractivity (Wildman–Crippen MR) is 82.5 cm³/mol. The molecule has 0 heterocycles. The highest BCUT2D eigenvalue weighted by Crippen LogP contribution is 2.20. The fourth-order valence-electron chi connectivity index (χ4n) is 1.94. The molecule has 0 atom stereocenters. The van der Waals surface area contributed by atoms with Gasteiger partial charge in [-0.2, -0.15) is 0 Å². The number of hydrogen-bond acceptors (Lipinski definition) is 0. The van der Waals surface area contributed by atoms with Gasteiger partial charge in [0.1, 0.15) is 0 Å². The molecular formula is C18H24. The van der Waals surface area contributed by atoms with E-state index in [1.165, 1.54) is 33.4 Å². The maximum atomic E-state index is 2.20. The molecule has 18 heavy (non-hydrogen) atoms. The van der Waals surface area contributed by atoms with Gasteiger partial charge in [0.25, 0.3) is 0 Å². The Bertz CT molecular complexity index is 492. The summed E-state index contributed by atoms with van der Waals surface area (Å²) in [7, 11) is 0. The van der Waals surface area contributed by atoms with E-state index in [-0.39, 0.29) is 0 Å². The summed E-state index contributed by atoms with van der Waals surface area (Å²) in [6.07, 6.45) is 12.9. The Hall–Kier alpha value is -1.56. The second-order valence-electron chi connectivity index (χ2n) is 5.30. The molecule has 0 nitrogen and oxygen atoms in total. The van der Waals surface area contributed by atoms with Crippen LogP contribution in [-0.2, 0) is 0 Å².